The quantitative estimate of drug-likeness (QED) is 0.847. The highest BCUT2D eigenvalue weighted by molar-refractivity contribution is 7.99. The lowest BCUT2D eigenvalue weighted by Crippen LogP contribution is -1.96. The number of nitrogen functional groups attached to an aromatic ring is 1. The topological polar surface area (TPSA) is 64.7 Å². The summed E-state index contributed by atoms with van der Waals surface area (Å²) in [6, 6.07) is 1.80. The molecule has 2 aromatic rings. The zero-order valence-electron chi connectivity index (χ0n) is 10.8. The number of pyridine rings is 1. The first-order chi connectivity index (χ1) is 10.1. The van der Waals surface area contributed by atoms with E-state index in [-0.39, 0.29) is 11.0 Å². The molecule has 7 heteroatoms. The van der Waals surface area contributed by atoms with Crippen molar-refractivity contribution in [1.29, 1.82) is 0 Å². The van der Waals surface area contributed by atoms with E-state index < -0.39 is 0 Å². The molecule has 0 aromatic carbocycles. The van der Waals surface area contributed by atoms with Crippen molar-refractivity contribution in [1.82, 2.24) is 15.0 Å². The molecule has 21 heavy (non-hydrogen) atoms. The summed E-state index contributed by atoms with van der Waals surface area (Å²) < 4.78 is 0. The summed E-state index contributed by atoms with van der Waals surface area (Å²) in [5.74, 6) is 6.94. The lowest BCUT2D eigenvalue weighted by Gasteiger charge is -2.06. The third kappa shape index (κ3) is 3.59. The lowest BCUT2D eigenvalue weighted by molar-refractivity contribution is 1.07. The summed E-state index contributed by atoms with van der Waals surface area (Å²) in [7, 11) is 0. The second-order valence-corrected chi connectivity index (χ2v) is 6.30. The molecule has 106 valence electrons. The van der Waals surface area contributed by atoms with Gasteiger partial charge in [0.2, 0.25) is 0 Å². The second kappa shape index (κ2) is 6.10. The number of aromatic nitrogens is 3. The van der Waals surface area contributed by atoms with Gasteiger partial charge in [-0.15, -0.1) is 0 Å². The molecule has 2 N–H and O–H groups in total. The van der Waals surface area contributed by atoms with Crippen LogP contribution in [0.25, 0.3) is 0 Å². The first-order valence-corrected chi connectivity index (χ1v) is 7.82. The maximum absolute atomic E-state index is 6.35. The van der Waals surface area contributed by atoms with Crippen LogP contribution in [0.4, 0.5) is 5.82 Å². The first-order valence-electron chi connectivity index (χ1n) is 6.25. The van der Waals surface area contributed by atoms with Crippen LogP contribution in [0.2, 0.25) is 10.2 Å². The Kier molecular flexibility index (Phi) is 4.20. The van der Waals surface area contributed by atoms with Crippen LogP contribution in [0.1, 0.15) is 18.5 Å². The molecule has 2 aromatic heterocycles. The highest BCUT2D eigenvalue weighted by atomic mass is 35.5. The van der Waals surface area contributed by atoms with Gasteiger partial charge in [-0.05, 0) is 24.8 Å². The molecule has 0 amide bonds. The molecule has 0 saturated heterocycles. The van der Waals surface area contributed by atoms with Gasteiger partial charge in [-0.1, -0.05) is 40.9 Å². The summed E-state index contributed by atoms with van der Waals surface area (Å²) in [6.45, 7) is 0. The number of halogens is 2. The average molecular weight is 337 g/mol. The Morgan fingerprint density at radius 2 is 2.10 bits per heavy atom. The van der Waals surface area contributed by atoms with Crippen LogP contribution in [-0.4, -0.2) is 15.0 Å². The molecule has 0 atom stereocenters. The van der Waals surface area contributed by atoms with Crippen LogP contribution in [0.3, 0.4) is 0 Å². The summed E-state index contributed by atoms with van der Waals surface area (Å²) in [4.78, 5) is 13.1. The molecule has 0 aliphatic heterocycles. The van der Waals surface area contributed by atoms with Gasteiger partial charge in [0, 0.05) is 17.0 Å². The van der Waals surface area contributed by atoms with Crippen LogP contribution in [0, 0.1) is 17.8 Å². The average Bonchev–Trinajstić information content (AvgIpc) is 3.27. The Morgan fingerprint density at radius 1 is 1.29 bits per heavy atom. The number of nitrogens with two attached hydrogens (primary N) is 1. The van der Waals surface area contributed by atoms with Crippen LogP contribution in [0.5, 0.6) is 0 Å². The predicted octanol–water partition coefficient (Wildman–Crippen LogP) is 3.67. The van der Waals surface area contributed by atoms with Crippen LogP contribution < -0.4 is 5.73 Å². The molecule has 0 spiro atoms. The van der Waals surface area contributed by atoms with Crippen LogP contribution in [-0.2, 0) is 0 Å². The maximum atomic E-state index is 6.35. The Bertz CT molecular complexity index is 750. The number of hydrogen-bond acceptors (Lipinski definition) is 5. The number of rotatable bonds is 2. The summed E-state index contributed by atoms with van der Waals surface area (Å²) >= 11 is 13.4. The second-order valence-electron chi connectivity index (χ2n) is 4.50. The lowest BCUT2D eigenvalue weighted by atomic mass is 10.3. The zero-order chi connectivity index (χ0) is 14.8. The minimum atomic E-state index is 0.258. The van der Waals surface area contributed by atoms with Crippen molar-refractivity contribution in [2.45, 2.75) is 22.8 Å². The van der Waals surface area contributed by atoms with Gasteiger partial charge in [0.25, 0.3) is 0 Å². The fourth-order valence-corrected chi connectivity index (χ4v) is 2.74. The number of hydrogen-bond donors (Lipinski definition) is 1. The summed E-state index contributed by atoms with van der Waals surface area (Å²) in [5, 5.41) is 1.31. The van der Waals surface area contributed by atoms with E-state index in [1.807, 2.05) is 0 Å². The van der Waals surface area contributed by atoms with E-state index in [2.05, 4.69) is 26.8 Å². The van der Waals surface area contributed by atoms with Gasteiger partial charge in [-0.3, -0.25) is 0 Å². The molecule has 1 aliphatic rings. The van der Waals surface area contributed by atoms with Gasteiger partial charge in [0.1, 0.15) is 15.9 Å². The Morgan fingerprint density at radius 3 is 2.81 bits per heavy atom. The van der Waals surface area contributed by atoms with Crippen LogP contribution in [0.15, 0.2) is 28.4 Å². The van der Waals surface area contributed by atoms with E-state index in [1.165, 1.54) is 18.0 Å². The fraction of sp³-hybridized carbons (Fsp3) is 0.214. The minimum Gasteiger partial charge on any atom is -0.381 e. The molecule has 0 bridgehead atoms. The van der Waals surface area contributed by atoms with Crippen molar-refractivity contribution < 1.29 is 0 Å². The summed E-state index contributed by atoms with van der Waals surface area (Å²) in [6.07, 6.45) is 5.44. The van der Waals surface area contributed by atoms with Crippen molar-refractivity contribution in [2.24, 2.45) is 5.92 Å². The number of anilines is 1. The van der Waals surface area contributed by atoms with Crippen molar-refractivity contribution in [3.63, 3.8) is 0 Å². The molecule has 2 heterocycles. The molecular formula is C14H10Cl2N4S. The molecule has 1 aliphatic carbocycles. The van der Waals surface area contributed by atoms with Gasteiger partial charge in [-0.25, -0.2) is 15.0 Å². The van der Waals surface area contributed by atoms with Gasteiger partial charge < -0.3 is 5.73 Å². The summed E-state index contributed by atoms with van der Waals surface area (Å²) in [5.41, 5.74) is 6.38. The minimum absolute atomic E-state index is 0.258. The Labute approximate surface area is 136 Å². The normalized spacial score (nSPS) is 13.6. The zero-order valence-corrected chi connectivity index (χ0v) is 13.1. The maximum Gasteiger partial charge on any atom is 0.158 e. The molecule has 1 saturated carbocycles. The van der Waals surface area contributed by atoms with Crippen molar-refractivity contribution in [3.8, 4) is 11.8 Å². The highest BCUT2D eigenvalue weighted by Crippen LogP contribution is 2.35. The molecule has 1 fully saturated rings. The molecule has 0 unspecified atom stereocenters. The molecular weight excluding hydrogens is 327 g/mol. The SMILES string of the molecule is Nc1nc(Cl)cnc1Sc1ccnc(C#CC2CC2)c1Cl. The van der Waals surface area contributed by atoms with E-state index in [0.29, 0.717) is 21.7 Å². The van der Waals surface area contributed by atoms with E-state index in [9.17, 15) is 0 Å². The Hall–Kier alpha value is -1.48. The largest absolute Gasteiger partial charge is 0.381 e. The van der Waals surface area contributed by atoms with Gasteiger partial charge in [-0.2, -0.15) is 0 Å². The number of nitrogens with zero attached hydrogens (tertiary/aromatic N) is 3. The van der Waals surface area contributed by atoms with Crippen LogP contribution >= 0.6 is 35.0 Å². The van der Waals surface area contributed by atoms with Crippen molar-refractivity contribution in [2.75, 3.05) is 5.73 Å². The standard InChI is InChI=1S/C14H10Cl2N4S/c15-11-7-19-14(13(17)20-11)21-10-5-6-18-9(12(10)16)4-3-8-1-2-8/h5-8H,1-2H2,(H2,17,20). The van der Waals surface area contributed by atoms with Gasteiger partial charge in [0.15, 0.2) is 5.82 Å². The van der Waals surface area contributed by atoms with Crippen molar-refractivity contribution in [3.05, 3.63) is 34.3 Å². The molecule has 0 radical (unpaired) electrons. The van der Waals surface area contributed by atoms with E-state index in [0.717, 1.165) is 17.7 Å². The monoisotopic (exact) mass is 336 g/mol. The molecule has 4 nitrogen and oxygen atoms in total. The molecule has 3 rings (SSSR count). The van der Waals surface area contributed by atoms with E-state index in [4.69, 9.17) is 28.9 Å². The highest BCUT2D eigenvalue weighted by Gasteiger charge is 2.18. The third-order valence-electron chi connectivity index (χ3n) is 2.77. The van der Waals surface area contributed by atoms with Crippen molar-refractivity contribution >= 4 is 40.8 Å². The van der Waals surface area contributed by atoms with Gasteiger partial charge >= 0.3 is 0 Å². The predicted molar refractivity (Wildman–Crippen MR) is 84.4 cm³/mol. The van der Waals surface area contributed by atoms with E-state index in [1.54, 1.807) is 12.3 Å². The third-order valence-corrected chi connectivity index (χ3v) is 4.51. The van der Waals surface area contributed by atoms with Gasteiger partial charge in [0.05, 0.1) is 11.2 Å². The van der Waals surface area contributed by atoms with E-state index >= 15 is 0 Å². The fourth-order valence-electron chi connectivity index (χ4n) is 1.54. The Balaban J connectivity index is 1.88. The first kappa shape index (κ1) is 14.5. The smallest absolute Gasteiger partial charge is 0.158 e.